The van der Waals surface area contributed by atoms with Crippen LogP contribution in [0.4, 0.5) is 5.95 Å². The van der Waals surface area contributed by atoms with Crippen molar-refractivity contribution < 1.29 is 4.74 Å². The molecule has 0 N–H and O–H groups in total. The summed E-state index contributed by atoms with van der Waals surface area (Å²) in [4.78, 5) is 13.5. The van der Waals surface area contributed by atoms with Crippen molar-refractivity contribution in [2.24, 2.45) is 0 Å². The lowest BCUT2D eigenvalue weighted by Gasteiger charge is -2.35. The summed E-state index contributed by atoms with van der Waals surface area (Å²) in [6.45, 7) is 4.86. The second kappa shape index (κ2) is 7.85. The summed E-state index contributed by atoms with van der Waals surface area (Å²) in [5, 5.41) is 3.06. The Morgan fingerprint density at radius 3 is 2.50 bits per heavy atom. The first-order valence-electron chi connectivity index (χ1n) is 8.79. The predicted octanol–water partition coefficient (Wildman–Crippen LogP) is 3.54. The van der Waals surface area contributed by atoms with E-state index in [9.17, 15) is 0 Å². The monoisotopic (exact) mass is 366 g/mol. The molecule has 3 heterocycles. The Morgan fingerprint density at radius 1 is 0.962 bits per heavy atom. The molecule has 1 aliphatic heterocycles. The van der Waals surface area contributed by atoms with Crippen molar-refractivity contribution in [1.29, 1.82) is 0 Å². The summed E-state index contributed by atoms with van der Waals surface area (Å²) in [7, 11) is 1.74. The van der Waals surface area contributed by atoms with Gasteiger partial charge in [-0.2, -0.15) is 0 Å². The van der Waals surface area contributed by atoms with Gasteiger partial charge in [0.25, 0.3) is 0 Å². The van der Waals surface area contributed by atoms with E-state index >= 15 is 0 Å². The van der Waals surface area contributed by atoms with E-state index in [4.69, 9.17) is 4.74 Å². The fourth-order valence-corrected chi connectivity index (χ4v) is 4.10. The van der Waals surface area contributed by atoms with E-state index in [2.05, 4.69) is 55.5 Å². The molecule has 0 amide bonds. The number of thiophene rings is 1. The highest BCUT2D eigenvalue weighted by Gasteiger charge is 2.20. The summed E-state index contributed by atoms with van der Waals surface area (Å²) in [6.07, 6.45) is 3.61. The van der Waals surface area contributed by atoms with Crippen LogP contribution in [0, 0.1) is 0 Å². The van der Waals surface area contributed by atoms with Gasteiger partial charge in [0.15, 0.2) is 5.06 Å². The number of hydrogen-bond acceptors (Lipinski definition) is 6. The van der Waals surface area contributed by atoms with Crippen LogP contribution in [0.3, 0.4) is 0 Å². The molecule has 0 aliphatic carbocycles. The average Bonchev–Trinajstić information content (AvgIpc) is 3.18. The van der Waals surface area contributed by atoms with Crippen molar-refractivity contribution in [3.05, 3.63) is 59.7 Å². The summed E-state index contributed by atoms with van der Waals surface area (Å²) in [5.74, 6) is 0.829. The van der Waals surface area contributed by atoms with Crippen LogP contribution in [0.1, 0.15) is 5.56 Å². The molecule has 0 saturated carbocycles. The lowest BCUT2D eigenvalue weighted by atomic mass is 10.0. The molecular formula is C20H22N4OS. The van der Waals surface area contributed by atoms with Gasteiger partial charge >= 0.3 is 0 Å². The highest BCUT2D eigenvalue weighted by atomic mass is 32.1. The Morgan fingerprint density at radius 2 is 1.73 bits per heavy atom. The van der Waals surface area contributed by atoms with Gasteiger partial charge in [0.05, 0.1) is 7.11 Å². The van der Waals surface area contributed by atoms with Gasteiger partial charge in [-0.3, -0.25) is 4.90 Å². The van der Waals surface area contributed by atoms with Crippen molar-refractivity contribution in [3.63, 3.8) is 0 Å². The van der Waals surface area contributed by atoms with E-state index in [1.807, 2.05) is 6.07 Å². The van der Waals surface area contributed by atoms with Crippen molar-refractivity contribution >= 4 is 17.3 Å². The molecular weight excluding hydrogens is 344 g/mol. The first kappa shape index (κ1) is 17.0. The van der Waals surface area contributed by atoms with E-state index in [-0.39, 0.29) is 0 Å². The van der Waals surface area contributed by atoms with E-state index in [1.165, 1.54) is 16.7 Å². The summed E-state index contributed by atoms with van der Waals surface area (Å²) < 4.78 is 5.53. The Hall–Kier alpha value is -2.44. The number of nitrogens with zero attached hydrogens (tertiary/aromatic N) is 4. The van der Waals surface area contributed by atoms with E-state index < -0.39 is 0 Å². The van der Waals surface area contributed by atoms with Gasteiger partial charge in [-0.1, -0.05) is 24.3 Å². The Labute approximate surface area is 157 Å². The van der Waals surface area contributed by atoms with Gasteiger partial charge in [-0.05, 0) is 28.6 Å². The van der Waals surface area contributed by atoms with E-state index in [0.29, 0.717) is 0 Å². The largest absolute Gasteiger partial charge is 0.487 e. The van der Waals surface area contributed by atoms with Crippen molar-refractivity contribution in [1.82, 2.24) is 14.9 Å². The van der Waals surface area contributed by atoms with Crippen molar-refractivity contribution in [2.75, 3.05) is 38.2 Å². The number of rotatable bonds is 5. The van der Waals surface area contributed by atoms with Gasteiger partial charge in [0.2, 0.25) is 5.95 Å². The zero-order valence-corrected chi connectivity index (χ0v) is 15.7. The first-order valence-corrected chi connectivity index (χ1v) is 9.67. The maximum Gasteiger partial charge on any atom is 0.225 e. The smallest absolute Gasteiger partial charge is 0.225 e. The third-order valence-electron chi connectivity index (χ3n) is 4.72. The minimum atomic E-state index is 0.829. The maximum absolute atomic E-state index is 5.53. The number of piperazine rings is 1. The number of hydrogen-bond donors (Lipinski definition) is 0. The molecule has 1 saturated heterocycles. The minimum Gasteiger partial charge on any atom is -0.487 e. The van der Waals surface area contributed by atoms with Gasteiger partial charge < -0.3 is 9.64 Å². The lowest BCUT2D eigenvalue weighted by Crippen LogP contribution is -2.46. The fraction of sp³-hybridized carbons (Fsp3) is 0.300. The Balaban J connectivity index is 1.46. The minimum absolute atomic E-state index is 0.829. The molecule has 6 heteroatoms. The summed E-state index contributed by atoms with van der Waals surface area (Å²) in [5.41, 5.74) is 3.79. The molecule has 134 valence electrons. The summed E-state index contributed by atoms with van der Waals surface area (Å²) >= 11 is 1.64. The summed E-state index contributed by atoms with van der Waals surface area (Å²) in [6, 6.07) is 12.6. The molecule has 1 aliphatic rings. The molecule has 0 radical (unpaired) electrons. The topological polar surface area (TPSA) is 41.5 Å². The molecule has 0 spiro atoms. The van der Waals surface area contributed by atoms with Crippen molar-refractivity contribution in [3.8, 4) is 16.2 Å². The number of ether oxygens (including phenoxy) is 1. The highest BCUT2D eigenvalue weighted by molar-refractivity contribution is 7.12. The van der Waals surface area contributed by atoms with Crippen molar-refractivity contribution in [2.45, 2.75) is 6.54 Å². The standard InChI is InChI=1S/C20H22N4OS/c1-25-19-18(7-14-26-19)17-6-3-2-5-16(17)15-23-10-12-24(13-11-23)20-21-8-4-9-22-20/h2-9,14H,10-13,15H2,1H3. The molecule has 4 rings (SSSR count). The van der Waals surface area contributed by atoms with Gasteiger partial charge in [-0.25, -0.2) is 9.97 Å². The second-order valence-electron chi connectivity index (χ2n) is 6.29. The molecule has 1 aromatic carbocycles. The SMILES string of the molecule is COc1sccc1-c1ccccc1CN1CCN(c2ncccn2)CC1. The van der Waals surface area contributed by atoms with Crippen LogP contribution in [0.5, 0.6) is 5.06 Å². The average molecular weight is 366 g/mol. The van der Waals surface area contributed by atoms with Crippen LogP contribution in [-0.2, 0) is 6.54 Å². The van der Waals surface area contributed by atoms with Crippen LogP contribution in [-0.4, -0.2) is 48.2 Å². The van der Waals surface area contributed by atoms with Gasteiger partial charge in [0.1, 0.15) is 0 Å². The zero-order valence-electron chi connectivity index (χ0n) is 14.8. The third-order valence-corrected chi connectivity index (χ3v) is 5.60. The normalized spacial score (nSPS) is 15.2. The highest BCUT2D eigenvalue weighted by Crippen LogP contribution is 2.37. The number of anilines is 1. The fourth-order valence-electron chi connectivity index (χ4n) is 3.38. The quantitative estimate of drug-likeness (QED) is 0.691. The molecule has 2 aromatic heterocycles. The Bertz CT molecular complexity index is 844. The van der Waals surface area contributed by atoms with Crippen LogP contribution in [0.2, 0.25) is 0 Å². The lowest BCUT2D eigenvalue weighted by molar-refractivity contribution is 0.249. The van der Waals surface area contributed by atoms with Gasteiger partial charge in [-0.15, -0.1) is 11.3 Å². The molecule has 1 fully saturated rings. The van der Waals surface area contributed by atoms with Crippen LogP contribution >= 0.6 is 11.3 Å². The first-order chi connectivity index (χ1) is 12.8. The predicted molar refractivity (Wildman–Crippen MR) is 106 cm³/mol. The van der Waals surface area contributed by atoms with Crippen LogP contribution in [0.15, 0.2) is 54.2 Å². The van der Waals surface area contributed by atoms with Crippen LogP contribution in [0.25, 0.3) is 11.1 Å². The molecule has 3 aromatic rings. The number of benzene rings is 1. The Kier molecular flexibility index (Phi) is 5.13. The zero-order chi connectivity index (χ0) is 17.8. The van der Waals surface area contributed by atoms with E-state index in [1.54, 1.807) is 30.8 Å². The van der Waals surface area contributed by atoms with E-state index in [0.717, 1.165) is 43.7 Å². The molecule has 0 atom stereocenters. The maximum atomic E-state index is 5.53. The molecule has 0 unspecified atom stereocenters. The molecule has 0 bridgehead atoms. The van der Waals surface area contributed by atoms with Gasteiger partial charge in [0, 0.05) is 50.7 Å². The second-order valence-corrected chi connectivity index (χ2v) is 7.17. The number of aromatic nitrogens is 2. The molecule has 26 heavy (non-hydrogen) atoms. The van der Waals surface area contributed by atoms with Crippen LogP contribution < -0.4 is 9.64 Å². The third kappa shape index (κ3) is 3.57. The molecule has 5 nitrogen and oxygen atoms in total. The number of methoxy groups -OCH3 is 1.